The minimum atomic E-state index is -0.289. The van der Waals surface area contributed by atoms with E-state index < -0.39 is 0 Å². The first kappa shape index (κ1) is 22.0. The lowest BCUT2D eigenvalue weighted by Gasteiger charge is -2.19. The van der Waals surface area contributed by atoms with Gasteiger partial charge in [-0.2, -0.15) is 0 Å². The zero-order valence-electron chi connectivity index (χ0n) is 17.0. The van der Waals surface area contributed by atoms with Gasteiger partial charge in [-0.3, -0.25) is 10.1 Å². The molecule has 0 saturated carbocycles. The molecule has 0 aliphatic carbocycles. The maximum absolute atomic E-state index is 12.4. The number of halogens is 1. The Balaban J connectivity index is 1.64. The second kappa shape index (κ2) is 9.00. The number of thiocarbonyl (C=S) groups is 1. The summed E-state index contributed by atoms with van der Waals surface area (Å²) in [5.74, 6) is 0.732. The van der Waals surface area contributed by atoms with Crippen molar-refractivity contribution in [2.24, 2.45) is 0 Å². The Kier molecular flexibility index (Phi) is 6.61. The summed E-state index contributed by atoms with van der Waals surface area (Å²) in [6.45, 7) is 6.18. The van der Waals surface area contributed by atoms with Crippen molar-refractivity contribution < 1.29 is 14.3 Å². The van der Waals surface area contributed by atoms with Gasteiger partial charge in [-0.1, -0.05) is 44.5 Å². The molecule has 3 aromatic rings. The standard InChI is InChI=1S/C23H23ClN2O3S/c1-23(2,3)15-6-4-14(5-7-15)21(28)26-22(30)25-16-8-10-18(19(24)12-16)20-11-9-17(13-27)29-20/h4-12,27H,13H2,1-3H3,(H2,25,26,28,30). The summed E-state index contributed by atoms with van der Waals surface area (Å²) in [6.07, 6.45) is 0. The second-order valence-corrected chi connectivity index (χ2v) is 8.67. The quantitative estimate of drug-likeness (QED) is 0.464. The van der Waals surface area contributed by atoms with E-state index in [2.05, 4.69) is 31.4 Å². The molecular formula is C23H23ClN2O3S. The Morgan fingerprint density at radius 2 is 1.80 bits per heavy atom. The predicted molar refractivity (Wildman–Crippen MR) is 124 cm³/mol. The molecule has 1 amide bonds. The van der Waals surface area contributed by atoms with Crippen LogP contribution in [0.4, 0.5) is 5.69 Å². The monoisotopic (exact) mass is 442 g/mol. The molecule has 0 bridgehead atoms. The van der Waals surface area contributed by atoms with Crippen LogP contribution in [0.3, 0.4) is 0 Å². The van der Waals surface area contributed by atoms with Gasteiger partial charge in [0.15, 0.2) is 5.11 Å². The number of furan rings is 1. The molecule has 0 unspecified atom stereocenters. The van der Waals surface area contributed by atoms with Gasteiger partial charge in [-0.05, 0) is 65.7 Å². The molecule has 0 fully saturated rings. The average Bonchev–Trinajstić information content (AvgIpc) is 3.16. The summed E-state index contributed by atoms with van der Waals surface area (Å²) in [5.41, 5.74) is 3.02. The van der Waals surface area contributed by atoms with Crippen molar-refractivity contribution in [3.8, 4) is 11.3 Å². The van der Waals surface area contributed by atoms with Crippen molar-refractivity contribution in [3.05, 3.63) is 76.5 Å². The highest BCUT2D eigenvalue weighted by Crippen LogP contribution is 2.31. The largest absolute Gasteiger partial charge is 0.459 e. The Hall–Kier alpha value is -2.67. The van der Waals surface area contributed by atoms with Crippen LogP contribution in [-0.2, 0) is 12.0 Å². The normalized spacial score (nSPS) is 11.2. The molecule has 2 aromatic carbocycles. The smallest absolute Gasteiger partial charge is 0.257 e. The molecule has 1 aromatic heterocycles. The van der Waals surface area contributed by atoms with Gasteiger partial charge in [-0.25, -0.2) is 0 Å². The number of carbonyl (C=O) groups is 1. The van der Waals surface area contributed by atoms with Gasteiger partial charge in [0.2, 0.25) is 0 Å². The highest BCUT2D eigenvalue weighted by atomic mass is 35.5. The number of aliphatic hydroxyl groups excluding tert-OH is 1. The molecule has 0 aliphatic heterocycles. The zero-order chi connectivity index (χ0) is 21.9. The van der Waals surface area contributed by atoms with E-state index in [1.54, 1.807) is 42.5 Å². The molecule has 1 heterocycles. The van der Waals surface area contributed by atoms with Crippen LogP contribution in [0.25, 0.3) is 11.3 Å². The van der Waals surface area contributed by atoms with Gasteiger partial charge >= 0.3 is 0 Å². The van der Waals surface area contributed by atoms with Crippen LogP contribution in [0.2, 0.25) is 5.02 Å². The molecule has 0 radical (unpaired) electrons. The first-order valence-corrected chi connectivity index (χ1v) is 10.2. The molecule has 5 nitrogen and oxygen atoms in total. The van der Waals surface area contributed by atoms with E-state index >= 15 is 0 Å². The molecule has 156 valence electrons. The number of anilines is 1. The number of nitrogens with one attached hydrogen (secondary N) is 2. The third kappa shape index (κ3) is 5.27. The lowest BCUT2D eigenvalue weighted by molar-refractivity contribution is 0.0977. The second-order valence-electron chi connectivity index (χ2n) is 7.85. The Morgan fingerprint density at radius 3 is 2.37 bits per heavy atom. The van der Waals surface area contributed by atoms with E-state index in [4.69, 9.17) is 33.3 Å². The van der Waals surface area contributed by atoms with Gasteiger partial charge in [0.25, 0.3) is 5.91 Å². The molecule has 3 N–H and O–H groups in total. The molecule has 7 heteroatoms. The molecule has 0 saturated heterocycles. The summed E-state index contributed by atoms with van der Waals surface area (Å²) in [6, 6.07) is 16.1. The van der Waals surface area contributed by atoms with Crippen molar-refractivity contribution in [1.82, 2.24) is 5.32 Å². The number of carbonyl (C=O) groups excluding carboxylic acids is 1. The van der Waals surface area contributed by atoms with Gasteiger partial charge in [0, 0.05) is 16.8 Å². The van der Waals surface area contributed by atoms with Gasteiger partial charge < -0.3 is 14.8 Å². The van der Waals surface area contributed by atoms with Crippen LogP contribution in [0, 0.1) is 0 Å². The summed E-state index contributed by atoms with van der Waals surface area (Å²) < 4.78 is 5.51. The Morgan fingerprint density at radius 1 is 1.10 bits per heavy atom. The molecule has 30 heavy (non-hydrogen) atoms. The first-order chi connectivity index (χ1) is 14.2. The molecule has 0 atom stereocenters. The summed E-state index contributed by atoms with van der Waals surface area (Å²) in [5, 5.41) is 15.4. The fraction of sp³-hybridized carbons (Fsp3) is 0.217. The molecule has 3 rings (SSSR count). The number of amides is 1. The fourth-order valence-corrected chi connectivity index (χ4v) is 3.34. The number of rotatable bonds is 4. The van der Waals surface area contributed by atoms with E-state index in [9.17, 15) is 4.79 Å². The SMILES string of the molecule is CC(C)(C)c1ccc(C(=O)NC(=S)Nc2ccc(-c3ccc(CO)o3)c(Cl)c2)cc1. The lowest BCUT2D eigenvalue weighted by atomic mass is 9.87. The van der Waals surface area contributed by atoms with Gasteiger partial charge in [0.05, 0.1) is 5.02 Å². The molecular weight excluding hydrogens is 420 g/mol. The van der Waals surface area contributed by atoms with Crippen molar-refractivity contribution in [2.45, 2.75) is 32.8 Å². The van der Waals surface area contributed by atoms with Crippen molar-refractivity contribution in [1.29, 1.82) is 0 Å². The van der Waals surface area contributed by atoms with Crippen LogP contribution in [0.15, 0.2) is 59.0 Å². The minimum Gasteiger partial charge on any atom is -0.459 e. The highest BCUT2D eigenvalue weighted by molar-refractivity contribution is 7.80. The number of hydrogen-bond acceptors (Lipinski definition) is 4. The maximum Gasteiger partial charge on any atom is 0.257 e. The Bertz CT molecular complexity index is 1070. The van der Waals surface area contributed by atoms with Crippen LogP contribution in [0.1, 0.15) is 42.5 Å². The third-order valence-electron chi connectivity index (χ3n) is 4.55. The summed E-state index contributed by atoms with van der Waals surface area (Å²) >= 11 is 11.6. The molecule has 0 spiro atoms. The van der Waals surface area contributed by atoms with E-state index in [0.29, 0.717) is 33.4 Å². The Labute approximate surface area is 186 Å². The number of aliphatic hydroxyl groups is 1. The van der Waals surface area contributed by atoms with Crippen LogP contribution >= 0.6 is 23.8 Å². The zero-order valence-corrected chi connectivity index (χ0v) is 18.5. The summed E-state index contributed by atoms with van der Waals surface area (Å²) in [7, 11) is 0. The van der Waals surface area contributed by atoms with E-state index in [1.165, 1.54) is 0 Å². The predicted octanol–water partition coefficient (Wildman–Crippen LogP) is 5.52. The topological polar surface area (TPSA) is 74.5 Å². The maximum atomic E-state index is 12.4. The number of benzene rings is 2. The third-order valence-corrected chi connectivity index (χ3v) is 5.07. The van der Waals surface area contributed by atoms with Crippen molar-refractivity contribution in [3.63, 3.8) is 0 Å². The van der Waals surface area contributed by atoms with Crippen LogP contribution in [-0.4, -0.2) is 16.1 Å². The van der Waals surface area contributed by atoms with Gasteiger partial charge in [-0.15, -0.1) is 0 Å². The average molecular weight is 443 g/mol. The number of hydrogen-bond donors (Lipinski definition) is 3. The first-order valence-electron chi connectivity index (χ1n) is 9.40. The minimum absolute atomic E-state index is 0.0204. The van der Waals surface area contributed by atoms with Gasteiger partial charge in [0.1, 0.15) is 18.1 Å². The van der Waals surface area contributed by atoms with Crippen LogP contribution < -0.4 is 10.6 Å². The molecule has 0 aliphatic rings. The van der Waals surface area contributed by atoms with E-state index in [1.807, 2.05) is 12.1 Å². The summed E-state index contributed by atoms with van der Waals surface area (Å²) in [4.78, 5) is 12.4. The fourth-order valence-electron chi connectivity index (χ4n) is 2.86. The lowest BCUT2D eigenvalue weighted by Crippen LogP contribution is -2.34. The van der Waals surface area contributed by atoms with Crippen LogP contribution in [0.5, 0.6) is 0 Å². The van der Waals surface area contributed by atoms with E-state index in [0.717, 1.165) is 5.56 Å². The van der Waals surface area contributed by atoms with Crippen molar-refractivity contribution >= 4 is 40.5 Å². The van der Waals surface area contributed by atoms with Crippen molar-refractivity contribution in [2.75, 3.05) is 5.32 Å². The highest BCUT2D eigenvalue weighted by Gasteiger charge is 2.15. The van der Waals surface area contributed by atoms with E-state index in [-0.39, 0.29) is 23.0 Å².